The molecular weight excluding hydrogens is 196 g/mol. The maximum absolute atomic E-state index is 6.17. The van der Waals surface area contributed by atoms with Crippen molar-refractivity contribution in [3.8, 4) is 0 Å². The molecule has 1 saturated heterocycles. The Morgan fingerprint density at radius 1 is 1.31 bits per heavy atom. The summed E-state index contributed by atoms with van der Waals surface area (Å²) in [5, 5.41) is 0. The van der Waals surface area contributed by atoms with Crippen LogP contribution in [0.5, 0.6) is 0 Å². The molecule has 16 heavy (non-hydrogen) atoms. The van der Waals surface area contributed by atoms with Crippen LogP contribution in [0.3, 0.4) is 0 Å². The van der Waals surface area contributed by atoms with E-state index in [2.05, 4.69) is 49.1 Å². The zero-order valence-electron chi connectivity index (χ0n) is 10.3. The molecule has 2 N–H and O–H groups in total. The van der Waals surface area contributed by atoms with E-state index in [0.717, 1.165) is 13.1 Å². The fourth-order valence-corrected chi connectivity index (χ4v) is 2.43. The molecule has 88 valence electrons. The molecule has 1 unspecified atom stereocenters. The van der Waals surface area contributed by atoms with Crippen LogP contribution in [0.4, 0.5) is 0 Å². The quantitative estimate of drug-likeness (QED) is 0.843. The zero-order valence-corrected chi connectivity index (χ0v) is 10.3. The predicted molar refractivity (Wildman–Crippen MR) is 68.1 cm³/mol. The lowest BCUT2D eigenvalue weighted by Crippen LogP contribution is -2.42. The van der Waals surface area contributed by atoms with Gasteiger partial charge in [0.2, 0.25) is 0 Å². The first-order chi connectivity index (χ1) is 7.55. The van der Waals surface area contributed by atoms with Crippen LogP contribution in [0.25, 0.3) is 0 Å². The number of rotatable bonds is 3. The molecule has 1 aliphatic heterocycles. The third kappa shape index (κ3) is 2.83. The average molecular weight is 218 g/mol. The summed E-state index contributed by atoms with van der Waals surface area (Å²) in [4.78, 5) is 2.51. The minimum Gasteiger partial charge on any atom is -0.325 e. The van der Waals surface area contributed by atoms with Crippen LogP contribution in [-0.4, -0.2) is 23.5 Å². The minimum absolute atomic E-state index is 0.0363. The van der Waals surface area contributed by atoms with E-state index in [9.17, 15) is 0 Å². The maximum Gasteiger partial charge on any atom is 0.0233 e. The van der Waals surface area contributed by atoms with Gasteiger partial charge in [-0.05, 0) is 38.3 Å². The van der Waals surface area contributed by atoms with Gasteiger partial charge in [-0.1, -0.05) is 30.3 Å². The first-order valence-electron chi connectivity index (χ1n) is 6.11. The molecule has 1 aromatic carbocycles. The van der Waals surface area contributed by atoms with Crippen LogP contribution in [0, 0.1) is 5.92 Å². The van der Waals surface area contributed by atoms with Crippen molar-refractivity contribution in [3.63, 3.8) is 0 Å². The molecule has 1 atom stereocenters. The van der Waals surface area contributed by atoms with E-state index in [1.807, 2.05) is 0 Å². The van der Waals surface area contributed by atoms with Gasteiger partial charge < -0.3 is 5.73 Å². The lowest BCUT2D eigenvalue weighted by Gasteiger charge is -2.27. The number of nitrogens with zero attached hydrogens (tertiary/aromatic N) is 1. The summed E-state index contributed by atoms with van der Waals surface area (Å²) in [6.07, 6.45) is 1.23. The van der Waals surface area contributed by atoms with E-state index in [1.165, 1.54) is 18.5 Å². The van der Waals surface area contributed by atoms with Gasteiger partial charge in [-0.3, -0.25) is 4.90 Å². The van der Waals surface area contributed by atoms with Crippen molar-refractivity contribution >= 4 is 0 Å². The van der Waals surface area contributed by atoms with Crippen molar-refractivity contribution in [1.29, 1.82) is 0 Å². The van der Waals surface area contributed by atoms with Crippen molar-refractivity contribution in [1.82, 2.24) is 4.90 Å². The normalized spacial score (nSPS) is 22.6. The van der Waals surface area contributed by atoms with Crippen LogP contribution >= 0.6 is 0 Å². The van der Waals surface area contributed by atoms with Gasteiger partial charge in [0.1, 0.15) is 0 Å². The molecular formula is C14H22N2. The Bertz CT molecular complexity index is 326. The summed E-state index contributed by atoms with van der Waals surface area (Å²) < 4.78 is 0. The average Bonchev–Trinajstić information content (AvgIpc) is 2.67. The topological polar surface area (TPSA) is 29.3 Å². The number of nitrogens with two attached hydrogens (primary N) is 1. The molecule has 0 amide bonds. The largest absolute Gasteiger partial charge is 0.325 e. The van der Waals surface area contributed by atoms with Gasteiger partial charge in [0.15, 0.2) is 0 Å². The third-order valence-electron chi connectivity index (χ3n) is 3.57. The molecule has 0 bridgehead atoms. The smallest absolute Gasteiger partial charge is 0.0233 e. The van der Waals surface area contributed by atoms with Crippen molar-refractivity contribution in [2.24, 2.45) is 11.7 Å². The third-order valence-corrected chi connectivity index (χ3v) is 3.57. The second-order valence-electron chi connectivity index (χ2n) is 5.53. The van der Waals surface area contributed by atoms with E-state index >= 15 is 0 Å². The van der Waals surface area contributed by atoms with Crippen molar-refractivity contribution in [2.75, 3.05) is 13.1 Å². The SMILES string of the molecule is CC(C)(N)C1CCN(Cc2ccccc2)C1. The van der Waals surface area contributed by atoms with Crippen LogP contribution in [0.2, 0.25) is 0 Å². The van der Waals surface area contributed by atoms with E-state index in [-0.39, 0.29) is 5.54 Å². The molecule has 0 aromatic heterocycles. The minimum atomic E-state index is -0.0363. The van der Waals surface area contributed by atoms with Gasteiger partial charge in [-0.15, -0.1) is 0 Å². The zero-order chi connectivity index (χ0) is 11.6. The standard InChI is InChI=1S/C14H22N2/c1-14(2,15)13-8-9-16(11-13)10-12-6-4-3-5-7-12/h3-7,13H,8-11,15H2,1-2H3. The Labute approximate surface area is 98.4 Å². The van der Waals surface area contributed by atoms with E-state index in [4.69, 9.17) is 5.73 Å². The number of hydrogen-bond acceptors (Lipinski definition) is 2. The molecule has 1 heterocycles. The van der Waals surface area contributed by atoms with Gasteiger partial charge in [0, 0.05) is 18.6 Å². The van der Waals surface area contributed by atoms with Crippen molar-refractivity contribution < 1.29 is 0 Å². The number of likely N-dealkylation sites (tertiary alicyclic amines) is 1. The van der Waals surface area contributed by atoms with Crippen LogP contribution in [0.15, 0.2) is 30.3 Å². The first kappa shape index (κ1) is 11.6. The molecule has 0 spiro atoms. The number of benzene rings is 1. The summed E-state index contributed by atoms with van der Waals surface area (Å²) in [6, 6.07) is 10.7. The molecule has 1 fully saturated rings. The van der Waals surface area contributed by atoms with E-state index in [0.29, 0.717) is 5.92 Å². The van der Waals surface area contributed by atoms with E-state index < -0.39 is 0 Å². The maximum atomic E-state index is 6.17. The highest BCUT2D eigenvalue weighted by atomic mass is 15.1. The van der Waals surface area contributed by atoms with Gasteiger partial charge in [0.25, 0.3) is 0 Å². The van der Waals surface area contributed by atoms with Crippen molar-refractivity contribution in [3.05, 3.63) is 35.9 Å². The Morgan fingerprint density at radius 2 is 2.00 bits per heavy atom. The summed E-state index contributed by atoms with van der Waals surface area (Å²) in [7, 11) is 0. The van der Waals surface area contributed by atoms with Gasteiger partial charge in [-0.25, -0.2) is 0 Å². The highest BCUT2D eigenvalue weighted by Crippen LogP contribution is 2.26. The molecule has 2 rings (SSSR count). The lowest BCUT2D eigenvalue weighted by atomic mass is 9.88. The fraction of sp³-hybridized carbons (Fsp3) is 0.571. The Kier molecular flexibility index (Phi) is 3.31. The molecule has 2 heteroatoms. The molecule has 1 aliphatic rings. The monoisotopic (exact) mass is 218 g/mol. The summed E-state index contributed by atoms with van der Waals surface area (Å²) in [5.74, 6) is 0.635. The Hall–Kier alpha value is -0.860. The van der Waals surface area contributed by atoms with Crippen LogP contribution in [0.1, 0.15) is 25.8 Å². The van der Waals surface area contributed by atoms with Crippen LogP contribution < -0.4 is 5.73 Å². The second-order valence-corrected chi connectivity index (χ2v) is 5.53. The second kappa shape index (κ2) is 4.56. The van der Waals surface area contributed by atoms with Crippen LogP contribution in [-0.2, 0) is 6.54 Å². The molecule has 2 nitrogen and oxygen atoms in total. The lowest BCUT2D eigenvalue weighted by molar-refractivity contribution is 0.276. The Morgan fingerprint density at radius 3 is 2.56 bits per heavy atom. The number of hydrogen-bond donors (Lipinski definition) is 1. The summed E-state index contributed by atoms with van der Waals surface area (Å²) in [6.45, 7) is 7.67. The van der Waals surface area contributed by atoms with E-state index in [1.54, 1.807) is 0 Å². The van der Waals surface area contributed by atoms with Gasteiger partial charge in [0.05, 0.1) is 0 Å². The predicted octanol–water partition coefficient (Wildman–Crippen LogP) is 2.25. The Balaban J connectivity index is 1.91. The molecule has 0 aliphatic carbocycles. The summed E-state index contributed by atoms with van der Waals surface area (Å²) >= 11 is 0. The molecule has 1 aromatic rings. The highest BCUT2D eigenvalue weighted by Gasteiger charge is 2.31. The fourth-order valence-electron chi connectivity index (χ4n) is 2.43. The molecule has 0 radical (unpaired) electrons. The molecule has 0 saturated carbocycles. The van der Waals surface area contributed by atoms with Crippen molar-refractivity contribution in [2.45, 2.75) is 32.4 Å². The van der Waals surface area contributed by atoms with Gasteiger partial charge in [-0.2, -0.15) is 0 Å². The first-order valence-corrected chi connectivity index (χ1v) is 6.11. The summed E-state index contributed by atoms with van der Waals surface area (Å²) in [5.41, 5.74) is 7.53. The highest BCUT2D eigenvalue weighted by molar-refractivity contribution is 5.14. The van der Waals surface area contributed by atoms with Gasteiger partial charge >= 0.3 is 0 Å².